The molecule has 1 aromatic rings. The molecule has 1 aromatic carbocycles. The summed E-state index contributed by atoms with van der Waals surface area (Å²) in [5, 5.41) is 0. The van der Waals surface area contributed by atoms with Crippen molar-refractivity contribution in [3.8, 4) is 0 Å². The standard InChI is InChI=1S/C17H25N3O/c1-14-13-15-5-3-4-6-16(15)20(14)17(21)7-8-19-11-9-18(2)10-12-19/h3-6,14H,7-13H2,1-2H3/t14-/m0/s1. The highest BCUT2D eigenvalue weighted by atomic mass is 16.2. The summed E-state index contributed by atoms with van der Waals surface area (Å²) in [6.45, 7) is 7.41. The summed E-state index contributed by atoms with van der Waals surface area (Å²) >= 11 is 0. The van der Waals surface area contributed by atoms with Gasteiger partial charge in [-0.05, 0) is 32.0 Å². The van der Waals surface area contributed by atoms with Crippen LogP contribution in [0.3, 0.4) is 0 Å². The maximum Gasteiger partial charge on any atom is 0.228 e. The molecule has 0 saturated carbocycles. The number of amides is 1. The Balaban J connectivity index is 1.58. The zero-order chi connectivity index (χ0) is 14.8. The number of hydrogen-bond acceptors (Lipinski definition) is 3. The monoisotopic (exact) mass is 287 g/mol. The molecule has 114 valence electrons. The Hall–Kier alpha value is -1.39. The van der Waals surface area contributed by atoms with Crippen LogP contribution in [0.2, 0.25) is 0 Å². The number of para-hydroxylation sites is 1. The zero-order valence-electron chi connectivity index (χ0n) is 13.1. The molecule has 2 aliphatic rings. The smallest absolute Gasteiger partial charge is 0.228 e. The van der Waals surface area contributed by atoms with Crippen molar-refractivity contribution in [3.05, 3.63) is 29.8 Å². The van der Waals surface area contributed by atoms with Gasteiger partial charge in [0.1, 0.15) is 0 Å². The number of fused-ring (bicyclic) bond motifs is 1. The van der Waals surface area contributed by atoms with Gasteiger partial charge in [0.25, 0.3) is 0 Å². The molecule has 21 heavy (non-hydrogen) atoms. The van der Waals surface area contributed by atoms with Gasteiger partial charge in [-0.1, -0.05) is 18.2 Å². The van der Waals surface area contributed by atoms with E-state index in [1.165, 1.54) is 5.56 Å². The molecule has 4 heteroatoms. The molecule has 3 rings (SSSR count). The molecule has 4 nitrogen and oxygen atoms in total. The topological polar surface area (TPSA) is 26.8 Å². The van der Waals surface area contributed by atoms with Gasteiger partial charge >= 0.3 is 0 Å². The predicted molar refractivity (Wildman–Crippen MR) is 85.6 cm³/mol. The summed E-state index contributed by atoms with van der Waals surface area (Å²) in [6.07, 6.45) is 1.61. The quantitative estimate of drug-likeness (QED) is 0.845. The van der Waals surface area contributed by atoms with Crippen LogP contribution < -0.4 is 4.90 Å². The summed E-state index contributed by atoms with van der Waals surface area (Å²) < 4.78 is 0. The second kappa shape index (κ2) is 6.16. The van der Waals surface area contributed by atoms with Gasteiger partial charge in [-0.15, -0.1) is 0 Å². The summed E-state index contributed by atoms with van der Waals surface area (Å²) in [5.41, 5.74) is 2.42. The van der Waals surface area contributed by atoms with Gasteiger partial charge < -0.3 is 14.7 Å². The number of likely N-dealkylation sites (N-methyl/N-ethyl adjacent to an activating group) is 1. The van der Waals surface area contributed by atoms with Gasteiger partial charge in [-0.25, -0.2) is 0 Å². The highest BCUT2D eigenvalue weighted by Crippen LogP contribution is 2.32. The molecule has 1 amide bonds. The second-order valence-electron chi connectivity index (χ2n) is 6.34. The third-order valence-corrected chi connectivity index (χ3v) is 4.71. The van der Waals surface area contributed by atoms with E-state index in [1.54, 1.807) is 0 Å². The van der Waals surface area contributed by atoms with Gasteiger partial charge in [0.05, 0.1) is 0 Å². The van der Waals surface area contributed by atoms with E-state index in [1.807, 2.05) is 11.0 Å². The Kier molecular flexibility index (Phi) is 4.27. The van der Waals surface area contributed by atoms with E-state index in [2.05, 4.69) is 42.0 Å². The fourth-order valence-corrected chi connectivity index (χ4v) is 3.39. The minimum absolute atomic E-state index is 0.270. The van der Waals surface area contributed by atoms with Gasteiger partial charge in [0, 0.05) is 50.9 Å². The SMILES string of the molecule is C[C@H]1Cc2ccccc2N1C(=O)CCN1CCN(C)CC1. The number of anilines is 1. The fraction of sp³-hybridized carbons (Fsp3) is 0.588. The molecular weight excluding hydrogens is 262 g/mol. The van der Waals surface area contributed by atoms with E-state index in [0.29, 0.717) is 12.5 Å². The van der Waals surface area contributed by atoms with Crippen LogP contribution in [0.15, 0.2) is 24.3 Å². The predicted octanol–water partition coefficient (Wildman–Crippen LogP) is 1.60. The molecule has 0 radical (unpaired) electrons. The average molecular weight is 287 g/mol. The lowest BCUT2D eigenvalue weighted by Gasteiger charge is -2.32. The number of carbonyl (C=O) groups is 1. The van der Waals surface area contributed by atoms with Crippen LogP contribution in [0.25, 0.3) is 0 Å². The Morgan fingerprint density at radius 2 is 1.90 bits per heavy atom. The summed E-state index contributed by atoms with van der Waals surface area (Å²) in [6, 6.07) is 8.59. The van der Waals surface area contributed by atoms with Gasteiger partial charge in [-0.3, -0.25) is 4.79 Å². The van der Waals surface area contributed by atoms with Crippen molar-refractivity contribution >= 4 is 11.6 Å². The molecular formula is C17H25N3O. The minimum Gasteiger partial charge on any atom is -0.309 e. The average Bonchev–Trinajstić information content (AvgIpc) is 2.82. The molecule has 1 fully saturated rings. The Labute approximate surface area is 127 Å². The maximum atomic E-state index is 12.6. The van der Waals surface area contributed by atoms with Crippen LogP contribution in [0.5, 0.6) is 0 Å². The molecule has 0 aliphatic carbocycles. The van der Waals surface area contributed by atoms with Gasteiger partial charge in [0.15, 0.2) is 0 Å². The highest BCUT2D eigenvalue weighted by Gasteiger charge is 2.30. The van der Waals surface area contributed by atoms with Gasteiger partial charge in [-0.2, -0.15) is 0 Å². The number of rotatable bonds is 3. The highest BCUT2D eigenvalue weighted by molar-refractivity contribution is 5.96. The molecule has 1 saturated heterocycles. The summed E-state index contributed by atoms with van der Waals surface area (Å²) in [4.78, 5) is 19.4. The van der Waals surface area contributed by atoms with Crippen molar-refractivity contribution in [1.29, 1.82) is 0 Å². The van der Waals surface area contributed by atoms with Crippen LogP contribution >= 0.6 is 0 Å². The van der Waals surface area contributed by atoms with Crippen LogP contribution in [-0.4, -0.2) is 61.5 Å². The normalized spacial score (nSPS) is 23.3. The maximum absolute atomic E-state index is 12.6. The number of piperazine rings is 1. The van der Waals surface area contributed by atoms with Crippen molar-refractivity contribution in [3.63, 3.8) is 0 Å². The lowest BCUT2D eigenvalue weighted by atomic mass is 10.1. The second-order valence-corrected chi connectivity index (χ2v) is 6.34. The molecule has 1 atom stereocenters. The Morgan fingerprint density at radius 1 is 1.19 bits per heavy atom. The first-order chi connectivity index (χ1) is 10.1. The minimum atomic E-state index is 0.270. The van der Waals surface area contributed by atoms with E-state index in [9.17, 15) is 4.79 Å². The van der Waals surface area contributed by atoms with Crippen LogP contribution in [0, 0.1) is 0 Å². The molecule has 2 aliphatic heterocycles. The lowest BCUT2D eigenvalue weighted by Crippen LogP contribution is -2.46. The van der Waals surface area contributed by atoms with Crippen molar-refractivity contribution < 1.29 is 4.79 Å². The Bertz CT molecular complexity index is 509. The first-order valence-corrected chi connectivity index (χ1v) is 7.96. The number of benzene rings is 1. The number of hydrogen-bond donors (Lipinski definition) is 0. The molecule has 0 spiro atoms. The van der Waals surface area contributed by atoms with E-state index in [4.69, 9.17) is 0 Å². The van der Waals surface area contributed by atoms with Crippen LogP contribution in [0.1, 0.15) is 18.9 Å². The van der Waals surface area contributed by atoms with E-state index >= 15 is 0 Å². The molecule has 0 aromatic heterocycles. The first-order valence-electron chi connectivity index (χ1n) is 7.96. The Morgan fingerprint density at radius 3 is 2.67 bits per heavy atom. The lowest BCUT2D eigenvalue weighted by molar-refractivity contribution is -0.119. The third-order valence-electron chi connectivity index (χ3n) is 4.71. The summed E-state index contributed by atoms with van der Waals surface area (Å²) in [5.74, 6) is 0.270. The van der Waals surface area contributed by atoms with Crippen LogP contribution in [-0.2, 0) is 11.2 Å². The summed E-state index contributed by atoms with van der Waals surface area (Å²) in [7, 11) is 2.16. The number of nitrogens with zero attached hydrogens (tertiary/aromatic N) is 3. The van der Waals surface area contributed by atoms with Crippen molar-refractivity contribution in [1.82, 2.24) is 9.80 Å². The fourth-order valence-electron chi connectivity index (χ4n) is 3.39. The van der Waals surface area contributed by atoms with Crippen molar-refractivity contribution in [2.75, 3.05) is 44.7 Å². The largest absolute Gasteiger partial charge is 0.309 e. The zero-order valence-corrected chi connectivity index (χ0v) is 13.1. The molecule has 0 N–H and O–H groups in total. The van der Waals surface area contributed by atoms with E-state index < -0.39 is 0 Å². The first kappa shape index (κ1) is 14.5. The third kappa shape index (κ3) is 3.11. The number of carbonyl (C=O) groups excluding carboxylic acids is 1. The molecule has 0 unspecified atom stereocenters. The van der Waals surface area contributed by atoms with Crippen molar-refractivity contribution in [2.45, 2.75) is 25.8 Å². The van der Waals surface area contributed by atoms with E-state index in [-0.39, 0.29) is 5.91 Å². The van der Waals surface area contributed by atoms with Crippen molar-refractivity contribution in [2.24, 2.45) is 0 Å². The van der Waals surface area contributed by atoms with Crippen LogP contribution in [0.4, 0.5) is 5.69 Å². The van der Waals surface area contributed by atoms with E-state index in [0.717, 1.165) is 44.8 Å². The molecule has 0 bridgehead atoms. The molecule has 2 heterocycles. The van der Waals surface area contributed by atoms with Gasteiger partial charge in [0.2, 0.25) is 5.91 Å².